The molecule has 0 unspecified atom stereocenters. The Bertz CT molecular complexity index is 1260. The average Bonchev–Trinajstić information content (AvgIpc) is 2.99. The van der Waals surface area contributed by atoms with E-state index in [-0.39, 0.29) is 27.3 Å². The summed E-state index contributed by atoms with van der Waals surface area (Å²) in [4.78, 5) is 38.8. The number of anilines is 3. The number of imide groups is 1. The number of carbonyl (C=O) groups is 3. The number of nitrogens with one attached hydrogen (secondary N) is 2. The molecule has 1 aliphatic heterocycles. The van der Waals surface area contributed by atoms with Crippen LogP contribution in [0.25, 0.3) is 0 Å². The second-order valence-electron chi connectivity index (χ2n) is 6.75. The van der Waals surface area contributed by atoms with Gasteiger partial charge >= 0.3 is 0 Å². The van der Waals surface area contributed by atoms with Crippen molar-refractivity contribution < 1.29 is 14.4 Å². The summed E-state index contributed by atoms with van der Waals surface area (Å²) in [5.41, 5.74) is 1.80. The van der Waals surface area contributed by atoms with E-state index in [0.717, 1.165) is 8.47 Å². The molecule has 3 amide bonds. The van der Waals surface area contributed by atoms with Crippen LogP contribution in [-0.4, -0.2) is 17.7 Å². The molecule has 0 fully saturated rings. The minimum atomic E-state index is -0.666. The first kappa shape index (κ1) is 22.3. The highest BCUT2D eigenvalue weighted by molar-refractivity contribution is 14.1. The van der Waals surface area contributed by atoms with Crippen LogP contribution in [0, 0.1) is 3.57 Å². The molecule has 0 aliphatic carbocycles. The third-order valence-electron chi connectivity index (χ3n) is 4.64. The van der Waals surface area contributed by atoms with Gasteiger partial charge < -0.3 is 10.6 Å². The van der Waals surface area contributed by atoms with Gasteiger partial charge in [0.25, 0.3) is 17.7 Å². The Kier molecular flexibility index (Phi) is 6.50. The third-order valence-corrected chi connectivity index (χ3v) is 6.03. The topological polar surface area (TPSA) is 78.5 Å². The lowest BCUT2D eigenvalue weighted by Gasteiger charge is -2.16. The van der Waals surface area contributed by atoms with Crippen LogP contribution in [0.1, 0.15) is 10.4 Å². The molecule has 3 aromatic carbocycles. The van der Waals surface area contributed by atoms with E-state index in [1.54, 1.807) is 48.5 Å². The number of amides is 3. The molecule has 32 heavy (non-hydrogen) atoms. The Morgan fingerprint density at radius 2 is 1.44 bits per heavy atom. The maximum atomic E-state index is 12.9. The Morgan fingerprint density at radius 1 is 0.812 bits per heavy atom. The Hall–Kier alpha value is -2.88. The maximum Gasteiger partial charge on any atom is 0.283 e. The highest BCUT2D eigenvalue weighted by Crippen LogP contribution is 2.34. The molecule has 6 nitrogen and oxygen atoms in total. The van der Waals surface area contributed by atoms with Crippen molar-refractivity contribution in [2.75, 3.05) is 15.5 Å². The first-order chi connectivity index (χ1) is 15.3. The van der Waals surface area contributed by atoms with Crippen LogP contribution in [0.2, 0.25) is 5.02 Å². The SMILES string of the molecule is O=C(Nc1ccc(I)cc1)c1ccc(NC2=C(Cl)C(=O)N(c3ccccc3Cl)C2=O)cc1. The van der Waals surface area contributed by atoms with Gasteiger partial charge in [0.15, 0.2) is 0 Å². The number of hydrogen-bond donors (Lipinski definition) is 2. The zero-order chi connectivity index (χ0) is 22.8. The van der Waals surface area contributed by atoms with Crippen molar-refractivity contribution in [3.8, 4) is 0 Å². The molecule has 0 saturated heterocycles. The van der Waals surface area contributed by atoms with Crippen LogP contribution in [0.5, 0.6) is 0 Å². The summed E-state index contributed by atoms with van der Waals surface area (Å²) >= 11 is 14.5. The lowest BCUT2D eigenvalue weighted by molar-refractivity contribution is -0.120. The lowest BCUT2D eigenvalue weighted by Crippen LogP contribution is -2.32. The minimum absolute atomic E-state index is 0.0623. The fourth-order valence-electron chi connectivity index (χ4n) is 3.05. The van der Waals surface area contributed by atoms with Gasteiger partial charge in [-0.05, 0) is 83.3 Å². The zero-order valence-corrected chi connectivity index (χ0v) is 19.9. The summed E-state index contributed by atoms with van der Waals surface area (Å²) in [6, 6.07) is 20.4. The highest BCUT2D eigenvalue weighted by atomic mass is 127. The number of carbonyl (C=O) groups excluding carboxylic acids is 3. The Labute approximate surface area is 207 Å². The van der Waals surface area contributed by atoms with Gasteiger partial charge in [0, 0.05) is 20.5 Å². The van der Waals surface area contributed by atoms with Gasteiger partial charge in [0.2, 0.25) is 0 Å². The van der Waals surface area contributed by atoms with Crippen molar-refractivity contribution >= 4 is 80.6 Å². The molecule has 0 aromatic heterocycles. The lowest BCUT2D eigenvalue weighted by atomic mass is 10.2. The molecule has 0 bridgehead atoms. The van der Waals surface area contributed by atoms with Crippen molar-refractivity contribution in [3.05, 3.63) is 97.7 Å². The molecular formula is C23H14Cl2IN3O3. The van der Waals surface area contributed by atoms with Crippen LogP contribution in [0.15, 0.2) is 83.5 Å². The maximum absolute atomic E-state index is 12.9. The molecule has 1 heterocycles. The van der Waals surface area contributed by atoms with Crippen LogP contribution in [-0.2, 0) is 9.59 Å². The summed E-state index contributed by atoms with van der Waals surface area (Å²) < 4.78 is 1.07. The monoisotopic (exact) mass is 577 g/mol. The van der Waals surface area contributed by atoms with E-state index in [9.17, 15) is 14.4 Å². The van der Waals surface area contributed by atoms with E-state index in [2.05, 4.69) is 33.2 Å². The van der Waals surface area contributed by atoms with Crippen molar-refractivity contribution in [1.82, 2.24) is 0 Å². The molecule has 9 heteroatoms. The molecular weight excluding hydrogens is 564 g/mol. The molecule has 160 valence electrons. The quantitative estimate of drug-likeness (QED) is 0.304. The number of hydrogen-bond acceptors (Lipinski definition) is 4. The normalized spacial score (nSPS) is 13.5. The van der Waals surface area contributed by atoms with E-state index in [0.29, 0.717) is 16.9 Å². The van der Waals surface area contributed by atoms with E-state index in [1.807, 2.05) is 24.3 Å². The summed E-state index contributed by atoms with van der Waals surface area (Å²) in [7, 11) is 0. The zero-order valence-electron chi connectivity index (χ0n) is 16.2. The summed E-state index contributed by atoms with van der Waals surface area (Å²) in [6.07, 6.45) is 0. The second-order valence-corrected chi connectivity index (χ2v) is 8.78. The van der Waals surface area contributed by atoms with Crippen LogP contribution < -0.4 is 15.5 Å². The van der Waals surface area contributed by atoms with Gasteiger partial charge in [-0.25, -0.2) is 4.90 Å². The predicted octanol–water partition coefficient (Wildman–Crippen LogP) is 5.63. The second kappa shape index (κ2) is 9.32. The molecule has 4 rings (SSSR count). The smallest absolute Gasteiger partial charge is 0.283 e. The fraction of sp³-hybridized carbons (Fsp3) is 0. The van der Waals surface area contributed by atoms with Crippen LogP contribution in [0.3, 0.4) is 0 Å². The van der Waals surface area contributed by atoms with Gasteiger partial charge in [-0.3, -0.25) is 14.4 Å². The van der Waals surface area contributed by atoms with Gasteiger partial charge in [-0.2, -0.15) is 0 Å². The van der Waals surface area contributed by atoms with Gasteiger partial charge in [0.1, 0.15) is 10.7 Å². The number of para-hydroxylation sites is 1. The molecule has 0 atom stereocenters. The van der Waals surface area contributed by atoms with Crippen LogP contribution >= 0.6 is 45.8 Å². The number of nitrogens with zero attached hydrogens (tertiary/aromatic N) is 1. The molecule has 2 N–H and O–H groups in total. The van der Waals surface area contributed by atoms with Crippen molar-refractivity contribution in [2.45, 2.75) is 0 Å². The first-order valence-corrected chi connectivity index (χ1v) is 11.2. The number of benzene rings is 3. The summed E-state index contributed by atoms with van der Waals surface area (Å²) in [5.74, 6) is -1.55. The van der Waals surface area contributed by atoms with Crippen LogP contribution in [0.4, 0.5) is 17.1 Å². The van der Waals surface area contributed by atoms with E-state index >= 15 is 0 Å². The van der Waals surface area contributed by atoms with Gasteiger partial charge in [-0.1, -0.05) is 35.3 Å². The average molecular weight is 578 g/mol. The standard InChI is InChI=1S/C23H14Cl2IN3O3/c24-17-3-1-2-4-18(17)29-22(31)19(25)20(23(29)32)27-15-9-5-13(6-10-15)21(30)28-16-11-7-14(26)8-12-16/h1-12,27H,(H,28,30). The summed E-state index contributed by atoms with van der Waals surface area (Å²) in [5, 5.41) is 5.70. The molecule has 0 spiro atoms. The number of rotatable bonds is 5. The first-order valence-electron chi connectivity index (χ1n) is 9.32. The molecule has 3 aromatic rings. The molecule has 0 saturated carbocycles. The highest BCUT2D eigenvalue weighted by Gasteiger charge is 2.39. The van der Waals surface area contributed by atoms with Crippen molar-refractivity contribution in [2.24, 2.45) is 0 Å². The van der Waals surface area contributed by atoms with Gasteiger partial charge in [0.05, 0.1) is 10.7 Å². The van der Waals surface area contributed by atoms with Crippen molar-refractivity contribution in [3.63, 3.8) is 0 Å². The minimum Gasteiger partial charge on any atom is -0.350 e. The van der Waals surface area contributed by atoms with Crippen molar-refractivity contribution in [1.29, 1.82) is 0 Å². The third kappa shape index (κ3) is 4.50. The Morgan fingerprint density at radius 3 is 2.09 bits per heavy atom. The van der Waals surface area contributed by atoms with Gasteiger partial charge in [-0.15, -0.1) is 0 Å². The summed E-state index contributed by atoms with van der Waals surface area (Å²) in [6.45, 7) is 0. The van der Waals surface area contributed by atoms with E-state index in [4.69, 9.17) is 23.2 Å². The number of halogens is 3. The Balaban J connectivity index is 1.49. The van der Waals surface area contributed by atoms with E-state index in [1.165, 1.54) is 0 Å². The fourth-order valence-corrected chi connectivity index (χ4v) is 3.84. The molecule has 1 aliphatic rings. The molecule has 0 radical (unpaired) electrons. The largest absolute Gasteiger partial charge is 0.350 e. The van der Waals surface area contributed by atoms with E-state index < -0.39 is 11.8 Å². The predicted molar refractivity (Wildman–Crippen MR) is 134 cm³/mol.